The van der Waals surface area contributed by atoms with Gasteiger partial charge in [-0.05, 0) is 59.2 Å². The van der Waals surface area contributed by atoms with E-state index in [0.717, 1.165) is 27.7 Å². The average Bonchev–Trinajstić information content (AvgIpc) is 3.23. The zero-order chi connectivity index (χ0) is 26.8. The second-order valence-electron chi connectivity index (χ2n) is 8.94. The van der Waals surface area contributed by atoms with Crippen LogP contribution in [0.4, 0.5) is 13.6 Å². The van der Waals surface area contributed by atoms with Gasteiger partial charge in [-0.25, -0.2) is 18.6 Å². The van der Waals surface area contributed by atoms with E-state index in [1.54, 1.807) is 47.2 Å². The number of rotatable bonds is 5. The lowest BCUT2D eigenvalue weighted by Crippen LogP contribution is -2.34. The number of carbonyl (C=O) groups excluding carboxylic acids is 1. The Balaban J connectivity index is 1.39. The predicted octanol–water partition coefficient (Wildman–Crippen LogP) is 6.32. The van der Waals surface area contributed by atoms with Gasteiger partial charge >= 0.3 is 6.03 Å². The fourth-order valence-electron chi connectivity index (χ4n) is 4.69. The fourth-order valence-corrected chi connectivity index (χ4v) is 5.00. The number of pyridine rings is 1. The van der Waals surface area contributed by atoms with Crippen LogP contribution in [0.15, 0.2) is 54.7 Å². The topological polar surface area (TPSA) is 74.0 Å². The first-order chi connectivity index (χ1) is 18.3. The van der Waals surface area contributed by atoms with Gasteiger partial charge in [0.1, 0.15) is 21.8 Å². The van der Waals surface area contributed by atoms with Crippen molar-refractivity contribution in [2.75, 3.05) is 13.1 Å². The first-order valence-corrected chi connectivity index (χ1v) is 12.6. The molecule has 2 aromatic heterocycles. The number of hydrogen-bond acceptors (Lipinski definition) is 4. The molecular weight excluding hydrogens is 531 g/mol. The van der Waals surface area contributed by atoms with E-state index in [9.17, 15) is 18.8 Å². The van der Waals surface area contributed by atoms with Crippen LogP contribution in [0.1, 0.15) is 27.9 Å². The summed E-state index contributed by atoms with van der Waals surface area (Å²) in [4.78, 5) is 19.5. The fraction of sp³-hybridized carbons (Fsp3) is 0.179. The highest BCUT2D eigenvalue weighted by atomic mass is 35.5. The Kier molecular flexibility index (Phi) is 7.43. The first-order valence-electron chi connectivity index (χ1n) is 11.8. The molecule has 1 aliphatic heterocycles. The standard InChI is InChI=1S/C28H21Cl2F2N5O/c29-26-13-19(5-7-34-26)15-35-28(38)37-24-4-3-18(14-33)10-20(24)21-16-36(9-6-25(21)37)8-1-2-17-11-22(31)27(30)23(32)12-17/h1-5,7,10-13H,6,8-9,15-16H2,(H,35,38). The van der Waals surface area contributed by atoms with Gasteiger partial charge in [0.2, 0.25) is 0 Å². The molecule has 0 spiro atoms. The van der Waals surface area contributed by atoms with Crippen LogP contribution in [-0.2, 0) is 19.5 Å². The maximum atomic E-state index is 13.8. The van der Waals surface area contributed by atoms with Gasteiger partial charge in [0.15, 0.2) is 0 Å². The number of aromatic nitrogens is 2. The van der Waals surface area contributed by atoms with Crippen LogP contribution in [0.3, 0.4) is 0 Å². The van der Waals surface area contributed by atoms with Crippen LogP contribution in [0.5, 0.6) is 0 Å². The second-order valence-corrected chi connectivity index (χ2v) is 9.70. The molecule has 3 heterocycles. The van der Waals surface area contributed by atoms with Gasteiger partial charge in [0, 0.05) is 49.9 Å². The van der Waals surface area contributed by atoms with Crippen molar-refractivity contribution in [3.05, 3.63) is 104 Å². The molecule has 5 rings (SSSR count). The molecule has 0 atom stereocenters. The number of nitriles is 1. The SMILES string of the molecule is N#Cc1ccc2c(c1)c1c(n2C(=O)NCc2ccnc(Cl)c2)CCN(CC=Cc2cc(F)c(Cl)c(F)c2)C1. The molecule has 0 radical (unpaired) electrons. The Morgan fingerprint density at radius 3 is 2.68 bits per heavy atom. The summed E-state index contributed by atoms with van der Waals surface area (Å²) in [5, 5.41) is 13.1. The molecule has 4 aromatic rings. The number of nitrogens with one attached hydrogen (secondary N) is 1. The zero-order valence-electron chi connectivity index (χ0n) is 20.0. The van der Waals surface area contributed by atoms with Crippen LogP contribution in [0, 0.1) is 23.0 Å². The van der Waals surface area contributed by atoms with Crippen molar-refractivity contribution in [2.45, 2.75) is 19.5 Å². The molecule has 38 heavy (non-hydrogen) atoms. The predicted molar refractivity (Wildman–Crippen MR) is 143 cm³/mol. The van der Waals surface area contributed by atoms with Gasteiger partial charge < -0.3 is 5.32 Å². The maximum absolute atomic E-state index is 13.8. The highest BCUT2D eigenvalue weighted by Crippen LogP contribution is 2.32. The molecule has 0 bridgehead atoms. The minimum Gasteiger partial charge on any atom is -0.333 e. The molecule has 0 fully saturated rings. The number of fused-ring (bicyclic) bond motifs is 3. The van der Waals surface area contributed by atoms with E-state index in [-0.39, 0.29) is 12.6 Å². The molecule has 2 aromatic carbocycles. The van der Waals surface area contributed by atoms with Crippen LogP contribution < -0.4 is 5.32 Å². The lowest BCUT2D eigenvalue weighted by atomic mass is 10.0. The number of nitrogens with zero attached hydrogens (tertiary/aromatic N) is 4. The first kappa shape index (κ1) is 25.9. The number of amides is 1. The van der Waals surface area contributed by atoms with Crippen LogP contribution in [0.2, 0.25) is 10.2 Å². The molecule has 0 aliphatic carbocycles. The summed E-state index contributed by atoms with van der Waals surface area (Å²) in [6.07, 6.45) is 5.68. The van der Waals surface area contributed by atoms with E-state index in [1.165, 1.54) is 12.1 Å². The normalized spacial score (nSPS) is 13.6. The summed E-state index contributed by atoms with van der Waals surface area (Å²) in [5.41, 5.74) is 4.31. The van der Waals surface area contributed by atoms with E-state index in [1.807, 2.05) is 6.08 Å². The largest absolute Gasteiger partial charge is 0.333 e. The average molecular weight is 552 g/mol. The molecule has 0 saturated carbocycles. The molecule has 0 unspecified atom stereocenters. The van der Waals surface area contributed by atoms with Gasteiger partial charge in [-0.1, -0.05) is 35.4 Å². The van der Waals surface area contributed by atoms with Crippen LogP contribution in [-0.4, -0.2) is 33.6 Å². The number of hydrogen-bond donors (Lipinski definition) is 1. The Bertz CT molecular complexity index is 1600. The number of halogens is 4. The van der Waals surface area contributed by atoms with Gasteiger partial charge in [0.05, 0.1) is 17.1 Å². The number of benzene rings is 2. The van der Waals surface area contributed by atoms with Gasteiger partial charge in [-0.2, -0.15) is 5.26 Å². The van der Waals surface area contributed by atoms with Crippen molar-refractivity contribution in [3.8, 4) is 6.07 Å². The Morgan fingerprint density at radius 1 is 1.16 bits per heavy atom. The molecule has 6 nitrogen and oxygen atoms in total. The van der Waals surface area contributed by atoms with E-state index in [2.05, 4.69) is 21.3 Å². The summed E-state index contributed by atoms with van der Waals surface area (Å²) in [6.45, 7) is 2.05. The van der Waals surface area contributed by atoms with Crippen molar-refractivity contribution in [1.82, 2.24) is 19.8 Å². The van der Waals surface area contributed by atoms with Crippen LogP contribution in [0.25, 0.3) is 17.0 Å². The summed E-state index contributed by atoms with van der Waals surface area (Å²) < 4.78 is 29.2. The minimum atomic E-state index is -0.805. The molecule has 0 saturated heterocycles. The lowest BCUT2D eigenvalue weighted by molar-refractivity contribution is 0.240. The van der Waals surface area contributed by atoms with Crippen molar-refractivity contribution in [3.63, 3.8) is 0 Å². The molecule has 192 valence electrons. The van der Waals surface area contributed by atoms with E-state index in [4.69, 9.17) is 23.2 Å². The summed E-state index contributed by atoms with van der Waals surface area (Å²) in [6, 6.07) is 13.1. The number of carbonyl (C=O) groups is 1. The Hall–Kier alpha value is -3.77. The summed E-state index contributed by atoms with van der Waals surface area (Å²) in [7, 11) is 0. The Labute approximate surface area is 227 Å². The maximum Gasteiger partial charge on any atom is 0.326 e. The molecule has 1 amide bonds. The third-order valence-electron chi connectivity index (χ3n) is 6.47. The quantitative estimate of drug-likeness (QED) is 0.232. The highest BCUT2D eigenvalue weighted by Gasteiger charge is 2.26. The summed E-state index contributed by atoms with van der Waals surface area (Å²) in [5.74, 6) is -1.61. The van der Waals surface area contributed by atoms with Gasteiger partial charge in [0.25, 0.3) is 0 Å². The van der Waals surface area contributed by atoms with Crippen molar-refractivity contribution < 1.29 is 13.6 Å². The van der Waals surface area contributed by atoms with E-state index < -0.39 is 16.7 Å². The molecule has 10 heteroatoms. The van der Waals surface area contributed by atoms with Gasteiger partial charge in [-0.3, -0.25) is 9.47 Å². The minimum absolute atomic E-state index is 0.269. The molecule has 1 aliphatic rings. The van der Waals surface area contributed by atoms with Crippen molar-refractivity contribution in [2.24, 2.45) is 0 Å². The summed E-state index contributed by atoms with van der Waals surface area (Å²) >= 11 is 11.5. The van der Waals surface area contributed by atoms with E-state index in [0.29, 0.717) is 42.3 Å². The highest BCUT2D eigenvalue weighted by molar-refractivity contribution is 6.31. The van der Waals surface area contributed by atoms with Gasteiger partial charge in [-0.15, -0.1) is 0 Å². The second kappa shape index (κ2) is 10.9. The van der Waals surface area contributed by atoms with Crippen molar-refractivity contribution >= 4 is 46.2 Å². The lowest BCUT2D eigenvalue weighted by Gasteiger charge is -2.27. The van der Waals surface area contributed by atoms with E-state index >= 15 is 0 Å². The smallest absolute Gasteiger partial charge is 0.326 e. The Morgan fingerprint density at radius 2 is 1.95 bits per heavy atom. The zero-order valence-corrected chi connectivity index (χ0v) is 21.5. The molecule has 1 N–H and O–H groups in total. The third kappa shape index (κ3) is 5.27. The molecular formula is C28H21Cl2F2N5O. The van der Waals surface area contributed by atoms with Crippen molar-refractivity contribution in [1.29, 1.82) is 5.26 Å². The third-order valence-corrected chi connectivity index (χ3v) is 7.04. The van der Waals surface area contributed by atoms with Crippen LogP contribution >= 0.6 is 23.2 Å². The monoisotopic (exact) mass is 551 g/mol.